The van der Waals surface area contributed by atoms with Gasteiger partial charge in [0.1, 0.15) is 0 Å². The molecule has 0 radical (unpaired) electrons. The minimum Gasteiger partial charge on any atom is -0.481 e. The van der Waals surface area contributed by atoms with Crippen molar-refractivity contribution in [1.82, 2.24) is 5.32 Å². The van der Waals surface area contributed by atoms with Crippen LogP contribution in [0.25, 0.3) is 0 Å². The zero-order valence-corrected chi connectivity index (χ0v) is 14.1. The molecule has 3 nitrogen and oxygen atoms in total. The van der Waals surface area contributed by atoms with Crippen molar-refractivity contribution < 1.29 is 23.1 Å². The predicted octanol–water partition coefficient (Wildman–Crippen LogP) is 4.36. The normalized spacial score (nSPS) is 26.0. The molecule has 1 aromatic rings. The maximum atomic E-state index is 13.0. The van der Waals surface area contributed by atoms with Gasteiger partial charge in [0, 0.05) is 18.0 Å². The summed E-state index contributed by atoms with van der Waals surface area (Å²) in [6, 6.07) is 5.98. The number of rotatable bonds is 5. The molecule has 2 aliphatic rings. The van der Waals surface area contributed by atoms with E-state index in [-0.39, 0.29) is 17.4 Å². The van der Waals surface area contributed by atoms with Gasteiger partial charge < -0.3 is 10.4 Å². The molecule has 2 saturated carbocycles. The van der Waals surface area contributed by atoms with E-state index in [9.17, 15) is 18.0 Å². The fourth-order valence-corrected chi connectivity index (χ4v) is 4.08. The van der Waals surface area contributed by atoms with E-state index >= 15 is 0 Å². The average Bonchev–Trinajstić information content (AvgIpc) is 2.54. The van der Waals surface area contributed by atoms with Crippen molar-refractivity contribution in [3.05, 3.63) is 35.4 Å². The van der Waals surface area contributed by atoms with Crippen LogP contribution in [0, 0.1) is 5.92 Å². The fourth-order valence-electron chi connectivity index (χ4n) is 4.08. The molecule has 6 heteroatoms. The summed E-state index contributed by atoms with van der Waals surface area (Å²) in [5, 5.41) is 12.6. The van der Waals surface area contributed by atoms with Crippen molar-refractivity contribution in [3.63, 3.8) is 0 Å². The van der Waals surface area contributed by atoms with E-state index < -0.39 is 17.7 Å². The molecular weight excluding hydrogens is 331 g/mol. The van der Waals surface area contributed by atoms with Crippen LogP contribution in [-0.4, -0.2) is 23.7 Å². The summed E-state index contributed by atoms with van der Waals surface area (Å²) >= 11 is 0. The quantitative estimate of drug-likeness (QED) is 0.825. The van der Waals surface area contributed by atoms with Crippen LogP contribution in [0.2, 0.25) is 0 Å². The lowest BCUT2D eigenvalue weighted by molar-refractivity contribution is -0.143. The highest BCUT2D eigenvalue weighted by molar-refractivity contribution is 5.70. The lowest BCUT2D eigenvalue weighted by atomic mass is 9.64. The number of aliphatic carboxylic acids is 1. The number of carbonyl (C=O) groups is 1. The zero-order valence-electron chi connectivity index (χ0n) is 14.1. The van der Waals surface area contributed by atoms with Crippen molar-refractivity contribution in [1.29, 1.82) is 0 Å². The third-order valence-corrected chi connectivity index (χ3v) is 5.92. The number of benzene rings is 1. The third kappa shape index (κ3) is 4.00. The Kier molecular flexibility index (Phi) is 5.09. The van der Waals surface area contributed by atoms with E-state index in [4.69, 9.17) is 5.11 Å². The van der Waals surface area contributed by atoms with Gasteiger partial charge in [-0.25, -0.2) is 0 Å². The second-order valence-corrected chi connectivity index (χ2v) is 7.48. The Morgan fingerprint density at radius 2 is 1.88 bits per heavy atom. The maximum absolute atomic E-state index is 13.0. The monoisotopic (exact) mass is 355 g/mol. The largest absolute Gasteiger partial charge is 0.481 e. The van der Waals surface area contributed by atoms with Crippen molar-refractivity contribution in [3.8, 4) is 0 Å². The molecule has 0 unspecified atom stereocenters. The first-order chi connectivity index (χ1) is 11.8. The molecule has 138 valence electrons. The van der Waals surface area contributed by atoms with Gasteiger partial charge in [0.25, 0.3) is 0 Å². The van der Waals surface area contributed by atoms with Gasteiger partial charge in [0.05, 0.1) is 11.5 Å². The fraction of sp³-hybridized carbons (Fsp3) is 0.632. The molecule has 0 spiro atoms. The molecule has 0 amide bonds. The summed E-state index contributed by atoms with van der Waals surface area (Å²) in [5.74, 6) is -0.975. The van der Waals surface area contributed by atoms with Gasteiger partial charge in [-0.05, 0) is 50.2 Å². The maximum Gasteiger partial charge on any atom is 0.416 e. The summed E-state index contributed by atoms with van der Waals surface area (Å²) in [6.07, 6.45) is 1.48. The third-order valence-electron chi connectivity index (χ3n) is 5.92. The summed E-state index contributed by atoms with van der Waals surface area (Å²) < 4.78 is 39.0. The van der Waals surface area contributed by atoms with E-state index in [1.54, 1.807) is 6.07 Å². The molecule has 2 N–H and O–H groups in total. The SMILES string of the molecule is O=C(O)C1CCC(NCC2(c3cccc(C(F)(F)F)c3)CCC2)CC1. The second-order valence-electron chi connectivity index (χ2n) is 7.48. The van der Waals surface area contributed by atoms with Crippen LogP contribution in [0.5, 0.6) is 0 Å². The van der Waals surface area contributed by atoms with Crippen molar-refractivity contribution in [2.45, 2.75) is 62.6 Å². The number of hydrogen-bond acceptors (Lipinski definition) is 2. The molecule has 0 heterocycles. The van der Waals surface area contributed by atoms with Crippen molar-refractivity contribution >= 4 is 5.97 Å². The number of carboxylic acid groups (broad SMARTS) is 1. The van der Waals surface area contributed by atoms with Gasteiger partial charge in [-0.1, -0.05) is 24.6 Å². The lowest BCUT2D eigenvalue weighted by Gasteiger charge is -2.44. The van der Waals surface area contributed by atoms with Crippen LogP contribution in [0.1, 0.15) is 56.1 Å². The highest BCUT2D eigenvalue weighted by Gasteiger charge is 2.41. The Morgan fingerprint density at radius 1 is 1.20 bits per heavy atom. The van der Waals surface area contributed by atoms with Crippen molar-refractivity contribution in [2.75, 3.05) is 6.54 Å². The predicted molar refractivity (Wildman–Crippen MR) is 88.4 cm³/mol. The number of carboxylic acids is 1. The summed E-state index contributed by atoms with van der Waals surface area (Å²) in [5.41, 5.74) is -0.0382. The van der Waals surface area contributed by atoms with E-state index in [0.717, 1.165) is 43.7 Å². The summed E-state index contributed by atoms with van der Waals surface area (Å²) in [7, 11) is 0. The number of halogens is 3. The van der Waals surface area contributed by atoms with Gasteiger partial charge in [0.2, 0.25) is 0 Å². The van der Waals surface area contributed by atoms with Gasteiger partial charge in [-0.3, -0.25) is 4.79 Å². The zero-order chi connectivity index (χ0) is 18.1. The van der Waals surface area contributed by atoms with E-state index in [0.29, 0.717) is 19.4 Å². The molecule has 0 bridgehead atoms. The number of nitrogens with one attached hydrogen (secondary N) is 1. The van der Waals surface area contributed by atoms with Crippen LogP contribution in [0.3, 0.4) is 0 Å². The van der Waals surface area contributed by atoms with Crippen LogP contribution >= 0.6 is 0 Å². The molecule has 2 aliphatic carbocycles. The Hall–Kier alpha value is -1.56. The van der Waals surface area contributed by atoms with Crippen LogP contribution in [0.15, 0.2) is 24.3 Å². The minimum atomic E-state index is -4.32. The smallest absolute Gasteiger partial charge is 0.416 e. The Bertz CT molecular complexity index is 617. The first-order valence-electron chi connectivity index (χ1n) is 8.94. The second kappa shape index (κ2) is 6.98. The highest BCUT2D eigenvalue weighted by atomic mass is 19.4. The molecular formula is C19H24F3NO2. The molecule has 3 rings (SSSR count). The molecule has 2 fully saturated rings. The van der Waals surface area contributed by atoms with Crippen molar-refractivity contribution in [2.24, 2.45) is 5.92 Å². The molecule has 0 atom stereocenters. The molecule has 0 saturated heterocycles. The van der Waals surface area contributed by atoms with Crippen LogP contribution < -0.4 is 5.32 Å². The molecule has 1 aromatic carbocycles. The van der Waals surface area contributed by atoms with Crippen LogP contribution in [-0.2, 0) is 16.4 Å². The van der Waals surface area contributed by atoms with Crippen LogP contribution in [0.4, 0.5) is 13.2 Å². The molecule has 0 aliphatic heterocycles. The first kappa shape index (κ1) is 18.2. The Morgan fingerprint density at radius 3 is 2.40 bits per heavy atom. The van der Waals surface area contributed by atoms with E-state index in [1.165, 1.54) is 12.1 Å². The van der Waals surface area contributed by atoms with Gasteiger partial charge in [-0.2, -0.15) is 13.2 Å². The average molecular weight is 355 g/mol. The first-order valence-corrected chi connectivity index (χ1v) is 8.94. The minimum absolute atomic E-state index is 0.217. The Labute approximate surface area is 145 Å². The standard InChI is InChI=1S/C19H24F3NO2/c20-19(21,22)15-4-1-3-14(11-15)18(9-2-10-18)12-23-16-7-5-13(6-8-16)17(24)25/h1,3-4,11,13,16,23H,2,5-10,12H2,(H,24,25). The van der Waals surface area contributed by atoms with Gasteiger partial charge >= 0.3 is 12.1 Å². The Balaban J connectivity index is 1.64. The van der Waals surface area contributed by atoms with Gasteiger partial charge in [-0.15, -0.1) is 0 Å². The van der Waals surface area contributed by atoms with E-state index in [2.05, 4.69) is 5.32 Å². The molecule has 25 heavy (non-hydrogen) atoms. The molecule has 0 aromatic heterocycles. The summed E-state index contributed by atoms with van der Waals surface area (Å²) in [4.78, 5) is 11.0. The number of alkyl halides is 3. The number of hydrogen-bond donors (Lipinski definition) is 2. The topological polar surface area (TPSA) is 49.3 Å². The lowest BCUT2D eigenvalue weighted by Crippen LogP contribution is -2.47. The highest BCUT2D eigenvalue weighted by Crippen LogP contribution is 2.45. The van der Waals surface area contributed by atoms with E-state index in [1.807, 2.05) is 0 Å². The summed E-state index contributed by atoms with van der Waals surface area (Å²) in [6.45, 7) is 0.663. The van der Waals surface area contributed by atoms with Gasteiger partial charge in [0.15, 0.2) is 0 Å².